The minimum atomic E-state index is -1.04. The van der Waals surface area contributed by atoms with Gasteiger partial charge in [0, 0.05) is 58.8 Å². The summed E-state index contributed by atoms with van der Waals surface area (Å²) in [4.78, 5) is 29.8. The molecule has 0 spiro atoms. The summed E-state index contributed by atoms with van der Waals surface area (Å²) < 4.78 is 17.9. The van der Waals surface area contributed by atoms with Crippen molar-refractivity contribution in [1.29, 1.82) is 0 Å². The number of hydrogen-bond acceptors (Lipinski definition) is 5. The van der Waals surface area contributed by atoms with Crippen molar-refractivity contribution in [2.24, 2.45) is 7.05 Å². The molecule has 1 aliphatic heterocycles. The van der Waals surface area contributed by atoms with Crippen LogP contribution in [0.4, 0.5) is 5.69 Å². The molecular weight excluding hydrogens is 749 g/mol. The number of rotatable bonds is 12. The van der Waals surface area contributed by atoms with Crippen molar-refractivity contribution >= 4 is 62.6 Å². The Kier molecular flexibility index (Phi) is 10.8. The van der Waals surface area contributed by atoms with Gasteiger partial charge in [0.1, 0.15) is 17.1 Å². The number of halogens is 2. The quantitative estimate of drug-likeness (QED) is 0.124. The first-order valence-corrected chi connectivity index (χ1v) is 19.9. The van der Waals surface area contributed by atoms with Crippen LogP contribution in [0.15, 0.2) is 42.5 Å². The molecule has 1 N–H and O–H groups in total. The van der Waals surface area contributed by atoms with Crippen LogP contribution >= 0.6 is 23.2 Å². The molecule has 7 rings (SSSR count). The van der Waals surface area contributed by atoms with Gasteiger partial charge in [-0.05, 0) is 127 Å². The van der Waals surface area contributed by atoms with Crippen LogP contribution < -0.4 is 9.64 Å². The van der Waals surface area contributed by atoms with E-state index in [1.807, 2.05) is 101 Å². The van der Waals surface area contributed by atoms with Gasteiger partial charge in [0.25, 0.3) is 5.91 Å². The maximum atomic E-state index is 15.4. The fourth-order valence-corrected chi connectivity index (χ4v) is 8.83. The van der Waals surface area contributed by atoms with Crippen LogP contribution in [0, 0.1) is 34.6 Å². The molecule has 0 fully saturated rings. The van der Waals surface area contributed by atoms with Crippen molar-refractivity contribution in [3.05, 3.63) is 97.5 Å². The molecule has 1 aliphatic rings. The highest BCUT2D eigenvalue weighted by atomic mass is 35.5. The first-order valence-electron chi connectivity index (χ1n) is 19.1. The monoisotopic (exact) mass is 797 g/mol. The predicted octanol–water partition coefficient (Wildman–Crippen LogP) is 10.2. The average Bonchev–Trinajstić information content (AvgIpc) is 3.75. The molecule has 10 nitrogen and oxygen atoms in total. The topological polar surface area (TPSA) is 104 Å². The van der Waals surface area contributed by atoms with E-state index >= 15 is 4.79 Å². The van der Waals surface area contributed by atoms with Gasteiger partial charge in [-0.1, -0.05) is 29.3 Å². The molecule has 1 atom stereocenters. The number of fused-ring (bicyclic) bond motifs is 4. The third-order valence-electron chi connectivity index (χ3n) is 11.0. The molecule has 294 valence electrons. The van der Waals surface area contributed by atoms with Crippen LogP contribution in [0.3, 0.4) is 0 Å². The zero-order chi connectivity index (χ0) is 40.3. The number of aryl methyl sites for hydroxylation is 6. The zero-order valence-electron chi connectivity index (χ0n) is 33.5. The molecule has 0 unspecified atom stereocenters. The van der Waals surface area contributed by atoms with E-state index < -0.39 is 5.97 Å². The van der Waals surface area contributed by atoms with Crippen LogP contribution in [0.2, 0.25) is 10.0 Å². The standard InChI is InChI=1S/C44H49Cl2N5O5/c1-23(2)55-16-14-49-36(44(53)54)21-30-17-24(3)18-35(40(30)49)50-22-27(6)51-41-33(12-13-34(45)38(41)37-28(7)47-48(9)29(37)8)32(42(51)43(50)52)11-10-15-56-31-19-25(4)39(46)26(5)20-31/h12-13,17-21,23,27H,10-11,14-16,22H2,1-9H3,(H,53,54)/t27-/m1/s1. The highest BCUT2D eigenvalue weighted by Crippen LogP contribution is 2.46. The average molecular weight is 799 g/mol. The number of anilines is 1. The third kappa shape index (κ3) is 6.86. The summed E-state index contributed by atoms with van der Waals surface area (Å²) in [5.74, 6) is -0.436. The van der Waals surface area contributed by atoms with Crippen LogP contribution in [0.1, 0.15) is 87.9 Å². The van der Waals surface area contributed by atoms with Crippen LogP contribution in [-0.4, -0.2) is 61.8 Å². The van der Waals surface area contributed by atoms with Crippen LogP contribution in [0.25, 0.3) is 32.9 Å². The summed E-state index contributed by atoms with van der Waals surface area (Å²) in [6.45, 7) is 17.4. The van der Waals surface area contributed by atoms with Gasteiger partial charge in [-0.15, -0.1) is 0 Å². The molecular formula is C44H49Cl2N5O5. The second-order valence-corrected chi connectivity index (χ2v) is 16.2. The summed E-state index contributed by atoms with van der Waals surface area (Å²) in [5.41, 5.74) is 10.4. The molecule has 12 heteroatoms. The number of carbonyl (C=O) groups excluding carboxylic acids is 1. The first kappa shape index (κ1) is 39.5. The van der Waals surface area contributed by atoms with Gasteiger partial charge in [0.05, 0.1) is 46.8 Å². The number of ether oxygens (including phenoxy) is 2. The lowest BCUT2D eigenvalue weighted by atomic mass is 9.98. The molecule has 3 aromatic heterocycles. The van der Waals surface area contributed by atoms with Gasteiger partial charge in [0.2, 0.25) is 0 Å². The molecule has 0 saturated carbocycles. The Morgan fingerprint density at radius 2 is 1.70 bits per heavy atom. The largest absolute Gasteiger partial charge is 0.494 e. The Bertz CT molecular complexity index is 2520. The van der Waals surface area contributed by atoms with Crippen molar-refractivity contribution in [2.75, 3.05) is 24.7 Å². The molecule has 6 aromatic rings. The second-order valence-electron chi connectivity index (χ2n) is 15.4. The Morgan fingerprint density at radius 3 is 2.34 bits per heavy atom. The number of hydrogen-bond donors (Lipinski definition) is 1. The minimum Gasteiger partial charge on any atom is -0.494 e. The van der Waals surface area contributed by atoms with Crippen molar-refractivity contribution in [3.63, 3.8) is 0 Å². The van der Waals surface area contributed by atoms with Gasteiger partial charge in [-0.25, -0.2) is 4.79 Å². The Labute approximate surface area is 337 Å². The van der Waals surface area contributed by atoms with Crippen molar-refractivity contribution in [3.8, 4) is 16.9 Å². The molecule has 0 aliphatic carbocycles. The number of carbonyl (C=O) groups is 2. The van der Waals surface area contributed by atoms with Crippen molar-refractivity contribution in [1.82, 2.24) is 18.9 Å². The van der Waals surface area contributed by atoms with Gasteiger partial charge in [0.15, 0.2) is 0 Å². The normalized spacial score (nSPS) is 14.5. The lowest BCUT2D eigenvalue weighted by Gasteiger charge is -2.35. The molecule has 3 aromatic carbocycles. The Morgan fingerprint density at radius 1 is 0.982 bits per heavy atom. The fourth-order valence-electron chi connectivity index (χ4n) is 8.47. The molecule has 4 heterocycles. The number of benzene rings is 3. The smallest absolute Gasteiger partial charge is 0.352 e. The summed E-state index contributed by atoms with van der Waals surface area (Å²) >= 11 is 13.6. The highest BCUT2D eigenvalue weighted by molar-refractivity contribution is 6.35. The number of aromatic nitrogens is 4. The van der Waals surface area contributed by atoms with E-state index in [4.69, 9.17) is 37.8 Å². The second kappa shape index (κ2) is 15.3. The van der Waals surface area contributed by atoms with Gasteiger partial charge in [-0.2, -0.15) is 5.10 Å². The lowest BCUT2D eigenvalue weighted by Crippen LogP contribution is -2.43. The number of amides is 1. The predicted molar refractivity (Wildman–Crippen MR) is 224 cm³/mol. The van der Waals surface area contributed by atoms with E-state index in [1.165, 1.54) is 0 Å². The van der Waals surface area contributed by atoms with E-state index in [0.717, 1.165) is 71.8 Å². The molecule has 1 amide bonds. The Balaban J connectivity index is 1.39. The number of carboxylic acids is 1. The maximum Gasteiger partial charge on any atom is 0.352 e. The summed E-state index contributed by atoms with van der Waals surface area (Å²) in [7, 11) is 1.93. The fraction of sp³-hybridized carbons (Fsp3) is 0.386. The van der Waals surface area contributed by atoms with E-state index in [-0.39, 0.29) is 23.7 Å². The van der Waals surface area contributed by atoms with Gasteiger partial charge < -0.3 is 28.6 Å². The van der Waals surface area contributed by atoms with Gasteiger partial charge >= 0.3 is 5.97 Å². The highest BCUT2D eigenvalue weighted by Gasteiger charge is 2.38. The zero-order valence-corrected chi connectivity index (χ0v) is 35.0. The third-order valence-corrected chi connectivity index (χ3v) is 11.9. The van der Waals surface area contributed by atoms with Crippen LogP contribution in [0.5, 0.6) is 5.75 Å². The SMILES string of the molecule is Cc1cc(N2C[C@@H](C)n3c(c(CCCOc4cc(C)c(Cl)c(C)c4)c4ccc(Cl)c(-c5c(C)nn(C)c5C)c43)C2=O)c2c(c1)cc(C(=O)O)n2CCOC(C)C. The van der Waals surface area contributed by atoms with E-state index in [9.17, 15) is 9.90 Å². The molecule has 0 bridgehead atoms. The molecule has 56 heavy (non-hydrogen) atoms. The summed E-state index contributed by atoms with van der Waals surface area (Å²) in [6, 6.07) is 13.3. The first-order chi connectivity index (χ1) is 26.6. The van der Waals surface area contributed by atoms with E-state index in [2.05, 4.69) is 11.5 Å². The molecule has 0 radical (unpaired) electrons. The van der Waals surface area contributed by atoms with E-state index in [0.29, 0.717) is 61.1 Å². The lowest BCUT2D eigenvalue weighted by molar-refractivity contribution is 0.0654. The molecule has 0 saturated heterocycles. The summed E-state index contributed by atoms with van der Waals surface area (Å²) in [5, 5.41) is 18.1. The summed E-state index contributed by atoms with van der Waals surface area (Å²) in [6.07, 6.45) is 1.20. The number of aromatic carboxylic acids is 1. The van der Waals surface area contributed by atoms with Crippen LogP contribution in [-0.2, 0) is 24.8 Å². The van der Waals surface area contributed by atoms with Crippen molar-refractivity contribution in [2.45, 2.75) is 86.9 Å². The number of carboxylic acid groups (broad SMARTS) is 1. The number of nitrogens with zero attached hydrogens (tertiary/aromatic N) is 5. The van der Waals surface area contributed by atoms with E-state index in [1.54, 1.807) is 10.6 Å². The van der Waals surface area contributed by atoms with Crippen molar-refractivity contribution < 1.29 is 24.2 Å². The maximum absolute atomic E-state index is 15.4. The Hall–Kier alpha value is -4.77. The minimum absolute atomic E-state index is 0.0147. The van der Waals surface area contributed by atoms with Gasteiger partial charge in [-0.3, -0.25) is 9.48 Å².